The molecule has 12 heavy (non-hydrogen) atoms. The third kappa shape index (κ3) is 1.45. The van der Waals surface area contributed by atoms with Gasteiger partial charge in [-0.25, -0.2) is 0 Å². The van der Waals surface area contributed by atoms with Crippen LogP contribution in [0.4, 0.5) is 0 Å². The van der Waals surface area contributed by atoms with Gasteiger partial charge in [0.15, 0.2) is 0 Å². The van der Waals surface area contributed by atoms with E-state index in [2.05, 4.69) is 16.7 Å². The van der Waals surface area contributed by atoms with E-state index in [0.717, 1.165) is 6.54 Å². The van der Waals surface area contributed by atoms with Crippen LogP contribution < -0.4 is 10.6 Å². The Balaban J connectivity index is 1.95. The second-order valence-corrected chi connectivity index (χ2v) is 3.75. The number of nitrogens with zero attached hydrogens (tertiary/aromatic N) is 1. The average Bonchev–Trinajstić information content (AvgIpc) is 2.17. The van der Waals surface area contributed by atoms with Crippen LogP contribution in [0.1, 0.15) is 25.7 Å². The van der Waals surface area contributed by atoms with Crippen molar-refractivity contribution in [2.45, 2.75) is 43.8 Å². The van der Waals surface area contributed by atoms with E-state index in [0.29, 0.717) is 12.1 Å². The van der Waals surface area contributed by atoms with Crippen LogP contribution in [0, 0.1) is 11.3 Å². The van der Waals surface area contributed by atoms with E-state index in [1.807, 2.05) is 0 Å². The molecule has 3 heteroatoms. The maximum absolute atomic E-state index is 8.73. The highest BCUT2D eigenvalue weighted by Crippen LogP contribution is 2.20. The zero-order valence-corrected chi connectivity index (χ0v) is 7.21. The Morgan fingerprint density at radius 3 is 2.67 bits per heavy atom. The maximum Gasteiger partial charge on any atom is 0.108 e. The minimum Gasteiger partial charge on any atom is -0.310 e. The Morgan fingerprint density at radius 2 is 1.92 bits per heavy atom. The summed E-state index contributed by atoms with van der Waals surface area (Å²) in [4.78, 5) is 0. The van der Waals surface area contributed by atoms with Gasteiger partial charge in [-0.1, -0.05) is 12.8 Å². The van der Waals surface area contributed by atoms with Crippen molar-refractivity contribution in [3.05, 3.63) is 0 Å². The highest BCUT2D eigenvalue weighted by atomic mass is 15.1. The zero-order valence-electron chi connectivity index (χ0n) is 7.21. The predicted octanol–water partition coefficient (Wildman–Crippen LogP) is 0.383. The third-order valence-corrected chi connectivity index (χ3v) is 2.92. The Morgan fingerprint density at radius 1 is 1.17 bits per heavy atom. The van der Waals surface area contributed by atoms with Crippen molar-refractivity contribution in [1.29, 1.82) is 5.26 Å². The molecule has 0 radical (unpaired) electrons. The fraction of sp³-hybridized carbons (Fsp3) is 0.889. The summed E-state index contributed by atoms with van der Waals surface area (Å²) in [6.45, 7) is 0.817. The molecule has 0 aromatic rings. The molecule has 0 bridgehead atoms. The fourth-order valence-corrected chi connectivity index (χ4v) is 2.24. The molecule has 3 nitrogen and oxygen atoms in total. The minimum atomic E-state index is 0.0318. The summed E-state index contributed by atoms with van der Waals surface area (Å²) in [7, 11) is 0. The molecule has 0 aromatic heterocycles. The lowest BCUT2D eigenvalue weighted by atomic mass is 9.88. The molecule has 2 aliphatic rings. The molecule has 2 N–H and O–H groups in total. The molecule has 1 saturated heterocycles. The molecular formula is C9H15N3. The van der Waals surface area contributed by atoms with Crippen LogP contribution in [0.25, 0.3) is 0 Å². The fourth-order valence-electron chi connectivity index (χ4n) is 2.24. The summed E-state index contributed by atoms with van der Waals surface area (Å²) in [6, 6.07) is 3.48. The van der Waals surface area contributed by atoms with Gasteiger partial charge < -0.3 is 5.32 Å². The minimum absolute atomic E-state index is 0.0318. The van der Waals surface area contributed by atoms with Crippen LogP contribution in [0.15, 0.2) is 0 Å². The van der Waals surface area contributed by atoms with Crippen LogP contribution in [0.2, 0.25) is 0 Å². The van der Waals surface area contributed by atoms with Gasteiger partial charge in [0.2, 0.25) is 0 Å². The Kier molecular flexibility index (Phi) is 2.29. The number of hydrogen-bond acceptors (Lipinski definition) is 3. The molecule has 0 amide bonds. The highest BCUT2D eigenvalue weighted by molar-refractivity contribution is 5.02. The van der Waals surface area contributed by atoms with Crippen molar-refractivity contribution in [3.63, 3.8) is 0 Å². The summed E-state index contributed by atoms with van der Waals surface area (Å²) < 4.78 is 0. The first-order valence-corrected chi connectivity index (χ1v) is 4.79. The molecule has 2 fully saturated rings. The predicted molar refractivity (Wildman–Crippen MR) is 46.6 cm³/mol. The molecule has 0 aromatic carbocycles. The molecule has 2 rings (SSSR count). The maximum atomic E-state index is 8.73. The SMILES string of the molecule is N#CC1CNC2CCCCC2N1. The van der Waals surface area contributed by atoms with Crippen molar-refractivity contribution < 1.29 is 0 Å². The average molecular weight is 165 g/mol. The smallest absolute Gasteiger partial charge is 0.108 e. The lowest BCUT2D eigenvalue weighted by Crippen LogP contribution is -2.61. The van der Waals surface area contributed by atoms with Gasteiger partial charge in [-0.3, -0.25) is 5.32 Å². The first-order valence-electron chi connectivity index (χ1n) is 4.79. The van der Waals surface area contributed by atoms with E-state index in [-0.39, 0.29) is 6.04 Å². The van der Waals surface area contributed by atoms with Crippen molar-refractivity contribution in [3.8, 4) is 6.07 Å². The van der Waals surface area contributed by atoms with Crippen LogP contribution in [-0.2, 0) is 0 Å². The summed E-state index contributed by atoms with van der Waals surface area (Å²) in [6.07, 6.45) is 5.16. The van der Waals surface area contributed by atoms with Gasteiger partial charge >= 0.3 is 0 Å². The van der Waals surface area contributed by atoms with Gasteiger partial charge in [-0.2, -0.15) is 5.26 Å². The first kappa shape index (κ1) is 8.03. The number of nitriles is 1. The number of fused-ring (bicyclic) bond motifs is 1. The van der Waals surface area contributed by atoms with Crippen molar-refractivity contribution in [1.82, 2.24) is 10.6 Å². The summed E-state index contributed by atoms with van der Waals surface area (Å²) in [5.41, 5.74) is 0. The lowest BCUT2D eigenvalue weighted by molar-refractivity contribution is 0.231. The number of piperazine rings is 1. The molecule has 1 aliphatic carbocycles. The topological polar surface area (TPSA) is 47.9 Å². The Bertz CT molecular complexity index is 196. The zero-order chi connectivity index (χ0) is 8.39. The largest absolute Gasteiger partial charge is 0.310 e. The van der Waals surface area contributed by atoms with E-state index < -0.39 is 0 Å². The van der Waals surface area contributed by atoms with E-state index in [4.69, 9.17) is 5.26 Å². The molecule has 1 saturated carbocycles. The van der Waals surface area contributed by atoms with Crippen LogP contribution in [-0.4, -0.2) is 24.7 Å². The van der Waals surface area contributed by atoms with Crippen LogP contribution in [0.5, 0.6) is 0 Å². The molecule has 66 valence electrons. The lowest BCUT2D eigenvalue weighted by Gasteiger charge is -2.39. The monoisotopic (exact) mass is 165 g/mol. The van der Waals surface area contributed by atoms with Gasteiger partial charge in [-0.05, 0) is 12.8 Å². The molecular weight excluding hydrogens is 150 g/mol. The quantitative estimate of drug-likeness (QED) is 0.545. The van der Waals surface area contributed by atoms with Gasteiger partial charge in [0.25, 0.3) is 0 Å². The summed E-state index contributed by atoms with van der Waals surface area (Å²) in [5.74, 6) is 0. The molecule has 3 unspecified atom stereocenters. The first-order chi connectivity index (χ1) is 5.90. The molecule has 3 atom stereocenters. The van der Waals surface area contributed by atoms with E-state index in [1.54, 1.807) is 0 Å². The third-order valence-electron chi connectivity index (χ3n) is 2.92. The van der Waals surface area contributed by atoms with Gasteiger partial charge in [0, 0.05) is 18.6 Å². The van der Waals surface area contributed by atoms with E-state index >= 15 is 0 Å². The van der Waals surface area contributed by atoms with Crippen LogP contribution >= 0.6 is 0 Å². The molecule has 1 heterocycles. The van der Waals surface area contributed by atoms with E-state index in [9.17, 15) is 0 Å². The number of nitrogens with one attached hydrogen (secondary N) is 2. The molecule has 0 spiro atoms. The van der Waals surface area contributed by atoms with Crippen molar-refractivity contribution in [2.75, 3.05) is 6.54 Å². The van der Waals surface area contributed by atoms with Crippen LogP contribution in [0.3, 0.4) is 0 Å². The Hall–Kier alpha value is -0.590. The standard InChI is InChI=1S/C9H15N3/c10-5-7-6-11-8-3-1-2-4-9(8)12-7/h7-9,11-12H,1-4,6H2. The summed E-state index contributed by atoms with van der Waals surface area (Å²) in [5, 5.41) is 15.5. The second kappa shape index (κ2) is 3.42. The van der Waals surface area contributed by atoms with E-state index in [1.165, 1.54) is 25.7 Å². The van der Waals surface area contributed by atoms with Crippen molar-refractivity contribution in [2.24, 2.45) is 0 Å². The number of hydrogen-bond donors (Lipinski definition) is 2. The van der Waals surface area contributed by atoms with Gasteiger partial charge in [0.1, 0.15) is 6.04 Å². The second-order valence-electron chi connectivity index (χ2n) is 3.75. The molecule has 1 aliphatic heterocycles. The van der Waals surface area contributed by atoms with Crippen molar-refractivity contribution >= 4 is 0 Å². The number of rotatable bonds is 0. The van der Waals surface area contributed by atoms with Gasteiger partial charge in [-0.15, -0.1) is 0 Å². The Labute approximate surface area is 73.1 Å². The highest BCUT2D eigenvalue weighted by Gasteiger charge is 2.30. The van der Waals surface area contributed by atoms with Gasteiger partial charge in [0.05, 0.1) is 6.07 Å². The summed E-state index contributed by atoms with van der Waals surface area (Å²) >= 11 is 0. The normalized spacial score (nSPS) is 41.4.